The van der Waals surface area contributed by atoms with Gasteiger partial charge < -0.3 is 9.32 Å². The molecule has 0 aliphatic carbocycles. The van der Waals surface area contributed by atoms with Gasteiger partial charge in [0.1, 0.15) is 5.76 Å². The van der Waals surface area contributed by atoms with E-state index in [1.165, 1.54) is 0 Å². The van der Waals surface area contributed by atoms with Crippen LogP contribution < -0.4 is 0 Å². The second kappa shape index (κ2) is 6.48. The third kappa shape index (κ3) is 3.35. The van der Waals surface area contributed by atoms with Crippen molar-refractivity contribution in [3.8, 4) is 0 Å². The van der Waals surface area contributed by atoms with E-state index in [0.717, 1.165) is 25.8 Å². The third-order valence-corrected chi connectivity index (χ3v) is 3.23. The maximum Gasteiger partial charge on any atom is 0.257 e. The molecule has 1 atom stereocenters. The maximum atomic E-state index is 12.4. The molecule has 1 unspecified atom stereocenters. The van der Waals surface area contributed by atoms with Crippen LogP contribution in [0.5, 0.6) is 0 Å². The molecule has 0 radical (unpaired) electrons. The van der Waals surface area contributed by atoms with E-state index in [1.54, 1.807) is 12.3 Å². The smallest absolute Gasteiger partial charge is 0.257 e. The van der Waals surface area contributed by atoms with Crippen LogP contribution in [0.3, 0.4) is 0 Å². The minimum atomic E-state index is 0.0963. The lowest BCUT2D eigenvalue weighted by Crippen LogP contribution is -2.39. The van der Waals surface area contributed by atoms with Gasteiger partial charge in [0.05, 0.1) is 11.8 Å². The van der Waals surface area contributed by atoms with E-state index >= 15 is 0 Å². The average molecular weight is 237 g/mol. The van der Waals surface area contributed by atoms with Crippen molar-refractivity contribution < 1.29 is 9.21 Å². The summed E-state index contributed by atoms with van der Waals surface area (Å²) < 4.78 is 5.21. The monoisotopic (exact) mass is 237 g/mol. The zero-order valence-electron chi connectivity index (χ0n) is 11.3. The molecule has 0 saturated carbocycles. The summed E-state index contributed by atoms with van der Waals surface area (Å²) in [5.74, 6) is 0.804. The summed E-state index contributed by atoms with van der Waals surface area (Å²) in [6.45, 7) is 9.02. The fraction of sp³-hybridized carbons (Fsp3) is 0.643. The molecule has 1 aromatic heterocycles. The van der Waals surface area contributed by atoms with Gasteiger partial charge in [0.15, 0.2) is 0 Å². The molecule has 17 heavy (non-hydrogen) atoms. The molecule has 3 heteroatoms. The van der Waals surface area contributed by atoms with Crippen LogP contribution in [0, 0.1) is 6.92 Å². The van der Waals surface area contributed by atoms with Gasteiger partial charge in [-0.1, -0.05) is 20.3 Å². The van der Waals surface area contributed by atoms with Crippen LogP contribution in [0.25, 0.3) is 0 Å². The zero-order valence-corrected chi connectivity index (χ0v) is 11.3. The summed E-state index contributed by atoms with van der Waals surface area (Å²) in [4.78, 5) is 14.4. The Morgan fingerprint density at radius 3 is 2.65 bits per heavy atom. The molecular weight excluding hydrogens is 214 g/mol. The Bertz CT molecular complexity index is 357. The number of furan rings is 1. The first kappa shape index (κ1) is 13.8. The highest BCUT2D eigenvalue weighted by Gasteiger charge is 2.22. The Labute approximate surface area is 104 Å². The van der Waals surface area contributed by atoms with Crippen molar-refractivity contribution in [2.45, 2.75) is 53.0 Å². The first-order valence-corrected chi connectivity index (χ1v) is 6.46. The number of hydrogen-bond acceptors (Lipinski definition) is 2. The topological polar surface area (TPSA) is 33.5 Å². The lowest BCUT2D eigenvalue weighted by molar-refractivity contribution is 0.0683. The van der Waals surface area contributed by atoms with E-state index in [2.05, 4.69) is 20.8 Å². The molecule has 1 aromatic rings. The summed E-state index contributed by atoms with van der Waals surface area (Å²) in [5, 5.41) is 0. The number of amides is 1. The fourth-order valence-electron chi connectivity index (χ4n) is 1.83. The van der Waals surface area contributed by atoms with Crippen LogP contribution in [0.4, 0.5) is 0 Å². The number of carbonyl (C=O) groups is 1. The van der Waals surface area contributed by atoms with Crippen molar-refractivity contribution in [2.24, 2.45) is 0 Å². The summed E-state index contributed by atoms with van der Waals surface area (Å²) in [6, 6.07) is 2.04. The van der Waals surface area contributed by atoms with Crippen LogP contribution >= 0.6 is 0 Å². The number of hydrogen-bond donors (Lipinski definition) is 0. The summed E-state index contributed by atoms with van der Waals surface area (Å²) in [5.41, 5.74) is 0.696. The SMILES string of the molecule is CCCCN(C(=O)c1ccoc1C)C(C)CC. The van der Waals surface area contributed by atoms with E-state index in [4.69, 9.17) is 4.42 Å². The van der Waals surface area contributed by atoms with E-state index in [0.29, 0.717) is 11.3 Å². The third-order valence-electron chi connectivity index (χ3n) is 3.23. The lowest BCUT2D eigenvalue weighted by atomic mass is 10.1. The number of nitrogens with zero attached hydrogens (tertiary/aromatic N) is 1. The molecule has 0 aliphatic heterocycles. The zero-order chi connectivity index (χ0) is 12.8. The van der Waals surface area contributed by atoms with Crippen LogP contribution in [0.15, 0.2) is 16.7 Å². The van der Waals surface area contributed by atoms with Gasteiger partial charge in [0.2, 0.25) is 0 Å². The van der Waals surface area contributed by atoms with Gasteiger partial charge in [0, 0.05) is 12.6 Å². The summed E-state index contributed by atoms with van der Waals surface area (Å²) in [7, 11) is 0. The molecule has 0 aliphatic rings. The molecule has 3 nitrogen and oxygen atoms in total. The maximum absolute atomic E-state index is 12.4. The number of aryl methyl sites for hydroxylation is 1. The predicted octanol–water partition coefficient (Wildman–Crippen LogP) is 3.63. The number of unbranched alkanes of at least 4 members (excludes halogenated alkanes) is 1. The fourth-order valence-corrected chi connectivity index (χ4v) is 1.83. The van der Waals surface area contributed by atoms with Crippen molar-refractivity contribution in [3.05, 3.63) is 23.7 Å². The average Bonchev–Trinajstić information content (AvgIpc) is 2.75. The molecule has 96 valence electrons. The standard InChI is InChI=1S/C14H23NO2/c1-5-7-9-15(11(3)6-2)14(16)13-8-10-17-12(13)4/h8,10-11H,5-7,9H2,1-4H3. The quantitative estimate of drug-likeness (QED) is 0.757. The minimum Gasteiger partial charge on any atom is -0.469 e. The van der Waals surface area contributed by atoms with E-state index in [1.807, 2.05) is 11.8 Å². The molecule has 0 aromatic carbocycles. The Balaban J connectivity index is 2.82. The normalized spacial score (nSPS) is 12.5. The molecular formula is C14H23NO2. The minimum absolute atomic E-state index is 0.0963. The Kier molecular flexibility index (Phi) is 5.26. The Hall–Kier alpha value is -1.25. The van der Waals surface area contributed by atoms with Gasteiger partial charge in [-0.25, -0.2) is 0 Å². The van der Waals surface area contributed by atoms with Crippen molar-refractivity contribution in [3.63, 3.8) is 0 Å². The van der Waals surface area contributed by atoms with Crippen LogP contribution in [0.2, 0.25) is 0 Å². The first-order chi connectivity index (χ1) is 8.11. The van der Waals surface area contributed by atoms with Gasteiger partial charge in [-0.15, -0.1) is 0 Å². The molecule has 0 bridgehead atoms. The van der Waals surface area contributed by atoms with Crippen LogP contribution in [-0.4, -0.2) is 23.4 Å². The second-order valence-corrected chi connectivity index (χ2v) is 4.50. The van der Waals surface area contributed by atoms with Crippen LogP contribution in [0.1, 0.15) is 56.2 Å². The van der Waals surface area contributed by atoms with Gasteiger partial charge >= 0.3 is 0 Å². The molecule has 1 heterocycles. The van der Waals surface area contributed by atoms with Gasteiger partial charge in [-0.3, -0.25) is 4.79 Å². The molecule has 1 amide bonds. The highest BCUT2D eigenvalue weighted by Crippen LogP contribution is 2.16. The summed E-state index contributed by atoms with van der Waals surface area (Å²) >= 11 is 0. The molecule has 0 saturated heterocycles. The van der Waals surface area contributed by atoms with Crippen LogP contribution in [-0.2, 0) is 0 Å². The van der Waals surface area contributed by atoms with Gasteiger partial charge in [0.25, 0.3) is 5.91 Å². The first-order valence-electron chi connectivity index (χ1n) is 6.46. The van der Waals surface area contributed by atoms with E-state index in [-0.39, 0.29) is 11.9 Å². The Morgan fingerprint density at radius 2 is 2.18 bits per heavy atom. The lowest BCUT2D eigenvalue weighted by Gasteiger charge is -2.28. The highest BCUT2D eigenvalue weighted by atomic mass is 16.3. The summed E-state index contributed by atoms with van der Waals surface area (Å²) in [6.07, 6.45) is 4.71. The van der Waals surface area contributed by atoms with Gasteiger partial charge in [-0.2, -0.15) is 0 Å². The van der Waals surface area contributed by atoms with E-state index in [9.17, 15) is 4.79 Å². The van der Waals surface area contributed by atoms with Gasteiger partial charge in [-0.05, 0) is 32.8 Å². The molecule has 1 rings (SSSR count). The second-order valence-electron chi connectivity index (χ2n) is 4.50. The number of rotatable bonds is 6. The molecule has 0 fully saturated rings. The largest absolute Gasteiger partial charge is 0.469 e. The Morgan fingerprint density at radius 1 is 1.47 bits per heavy atom. The number of carbonyl (C=O) groups excluding carboxylic acids is 1. The van der Waals surface area contributed by atoms with Crippen molar-refractivity contribution in [2.75, 3.05) is 6.54 Å². The van der Waals surface area contributed by atoms with Crippen molar-refractivity contribution in [1.82, 2.24) is 4.90 Å². The van der Waals surface area contributed by atoms with Crippen molar-refractivity contribution in [1.29, 1.82) is 0 Å². The van der Waals surface area contributed by atoms with Crippen molar-refractivity contribution >= 4 is 5.91 Å². The predicted molar refractivity (Wildman–Crippen MR) is 69.1 cm³/mol. The molecule has 0 spiro atoms. The van der Waals surface area contributed by atoms with E-state index < -0.39 is 0 Å². The highest BCUT2D eigenvalue weighted by molar-refractivity contribution is 5.95. The molecule has 0 N–H and O–H groups in total.